The Morgan fingerprint density at radius 3 is 3.00 bits per heavy atom. The van der Waals surface area contributed by atoms with E-state index in [0.29, 0.717) is 12.2 Å². The van der Waals surface area contributed by atoms with E-state index >= 15 is 0 Å². The van der Waals surface area contributed by atoms with E-state index in [2.05, 4.69) is 5.32 Å². The summed E-state index contributed by atoms with van der Waals surface area (Å²) in [5.41, 5.74) is 0.362. The number of methoxy groups -OCH3 is 1. The summed E-state index contributed by atoms with van der Waals surface area (Å²) in [5.74, 6) is -0.225. The fourth-order valence-electron chi connectivity index (χ4n) is 1.12. The Balaban J connectivity index is 2.46. The first kappa shape index (κ1) is 12.1. The highest BCUT2D eigenvalue weighted by Crippen LogP contribution is 2.16. The number of hydrogen-bond acceptors (Lipinski definition) is 3. The monoisotopic (exact) mass is 231 g/mol. The maximum Gasteiger partial charge on any atom is 0.256 e. The van der Waals surface area contributed by atoms with E-state index in [-0.39, 0.29) is 17.2 Å². The molecule has 0 bridgehead atoms. The second-order valence-corrected chi connectivity index (χ2v) is 3.61. The van der Waals surface area contributed by atoms with Crippen molar-refractivity contribution in [2.24, 2.45) is 0 Å². The lowest BCUT2D eigenvalue weighted by molar-refractivity contribution is 0.0929. The van der Waals surface area contributed by atoms with Crippen LogP contribution in [0.1, 0.15) is 23.7 Å². The fourth-order valence-corrected chi connectivity index (χ4v) is 1.32. The molecule has 0 spiro atoms. The topological polar surface area (TPSA) is 51.5 Å². The summed E-state index contributed by atoms with van der Waals surface area (Å²) in [7, 11) is 1.63. The number of rotatable bonds is 5. The number of furan rings is 1. The minimum atomic E-state index is -0.225. The van der Waals surface area contributed by atoms with E-state index in [9.17, 15) is 4.79 Å². The van der Waals surface area contributed by atoms with E-state index in [1.807, 2.05) is 6.92 Å². The molecule has 1 rings (SSSR count). The van der Waals surface area contributed by atoms with Crippen molar-refractivity contribution in [2.45, 2.75) is 19.4 Å². The van der Waals surface area contributed by atoms with E-state index in [4.69, 9.17) is 20.8 Å². The number of nitrogens with one attached hydrogen (secondary N) is 1. The minimum Gasteiger partial charge on any atom is -0.452 e. The molecule has 0 radical (unpaired) electrons. The number of ether oxygens (including phenoxy) is 1. The van der Waals surface area contributed by atoms with Crippen molar-refractivity contribution >= 4 is 17.5 Å². The van der Waals surface area contributed by atoms with Gasteiger partial charge in [-0.15, -0.1) is 0 Å². The second-order valence-electron chi connectivity index (χ2n) is 3.26. The first-order valence-electron chi connectivity index (χ1n) is 4.68. The molecular formula is C10H14ClNO3. The molecule has 1 aromatic rings. The highest BCUT2D eigenvalue weighted by molar-refractivity contribution is 6.32. The molecule has 4 nitrogen and oxygen atoms in total. The number of halogens is 1. The fraction of sp³-hybridized carbons (Fsp3) is 0.500. The Kier molecular flexibility index (Phi) is 4.65. The SMILES string of the molecule is COCCC(C)NC(=O)c1ccoc1Cl. The number of carbonyl (C=O) groups excluding carboxylic acids is 1. The first-order chi connectivity index (χ1) is 7.15. The zero-order valence-corrected chi connectivity index (χ0v) is 9.50. The largest absolute Gasteiger partial charge is 0.452 e. The van der Waals surface area contributed by atoms with Crippen LogP contribution in [0.15, 0.2) is 16.7 Å². The molecular weight excluding hydrogens is 218 g/mol. The zero-order valence-electron chi connectivity index (χ0n) is 8.75. The van der Waals surface area contributed by atoms with Gasteiger partial charge in [0.1, 0.15) is 0 Å². The third kappa shape index (κ3) is 3.57. The maximum absolute atomic E-state index is 11.6. The quantitative estimate of drug-likeness (QED) is 0.844. The van der Waals surface area contributed by atoms with Crippen molar-refractivity contribution < 1.29 is 13.9 Å². The second kappa shape index (κ2) is 5.78. The van der Waals surface area contributed by atoms with E-state index in [0.717, 1.165) is 6.42 Å². The molecule has 0 saturated heterocycles. The number of amides is 1. The highest BCUT2D eigenvalue weighted by atomic mass is 35.5. The van der Waals surface area contributed by atoms with Gasteiger partial charge in [0.2, 0.25) is 5.22 Å². The summed E-state index contributed by atoms with van der Waals surface area (Å²) in [6.45, 7) is 2.52. The van der Waals surface area contributed by atoms with Crippen LogP contribution in [0.3, 0.4) is 0 Å². The molecule has 5 heteroatoms. The van der Waals surface area contributed by atoms with Gasteiger partial charge in [-0.2, -0.15) is 0 Å². The van der Waals surface area contributed by atoms with Gasteiger partial charge in [0.25, 0.3) is 5.91 Å². The van der Waals surface area contributed by atoms with Crippen LogP contribution in [0.25, 0.3) is 0 Å². The van der Waals surface area contributed by atoms with Crippen LogP contribution in [0.5, 0.6) is 0 Å². The maximum atomic E-state index is 11.6. The standard InChI is InChI=1S/C10H14ClNO3/c1-7(3-5-14-2)12-10(13)8-4-6-15-9(8)11/h4,6-7H,3,5H2,1-2H3,(H,12,13). The first-order valence-corrected chi connectivity index (χ1v) is 5.05. The molecule has 1 N–H and O–H groups in total. The summed E-state index contributed by atoms with van der Waals surface area (Å²) < 4.78 is 9.74. The predicted molar refractivity (Wildman–Crippen MR) is 57.1 cm³/mol. The minimum absolute atomic E-state index is 0.0448. The molecule has 0 aliphatic heterocycles. The normalized spacial score (nSPS) is 12.5. The Labute approximate surface area is 93.5 Å². The summed E-state index contributed by atoms with van der Waals surface area (Å²) in [5, 5.41) is 2.91. The molecule has 0 fully saturated rings. The molecule has 0 aliphatic carbocycles. The third-order valence-corrected chi connectivity index (χ3v) is 2.29. The summed E-state index contributed by atoms with van der Waals surface area (Å²) in [6, 6.07) is 1.59. The lowest BCUT2D eigenvalue weighted by atomic mass is 10.2. The van der Waals surface area contributed by atoms with Crippen LogP contribution in [0.4, 0.5) is 0 Å². The lowest BCUT2D eigenvalue weighted by Gasteiger charge is -2.12. The van der Waals surface area contributed by atoms with E-state index in [1.165, 1.54) is 6.26 Å². The van der Waals surface area contributed by atoms with Crippen molar-refractivity contribution in [2.75, 3.05) is 13.7 Å². The van der Waals surface area contributed by atoms with Gasteiger partial charge in [-0.1, -0.05) is 0 Å². The molecule has 1 atom stereocenters. The van der Waals surface area contributed by atoms with Crippen molar-refractivity contribution in [3.63, 3.8) is 0 Å². The van der Waals surface area contributed by atoms with Gasteiger partial charge in [-0.3, -0.25) is 4.79 Å². The molecule has 0 aliphatic rings. The summed E-state index contributed by atoms with van der Waals surface area (Å²) in [4.78, 5) is 11.6. The van der Waals surface area contributed by atoms with Crippen molar-refractivity contribution in [3.8, 4) is 0 Å². The average Bonchev–Trinajstić information content (AvgIpc) is 2.61. The average molecular weight is 232 g/mol. The molecule has 1 amide bonds. The Morgan fingerprint density at radius 2 is 2.47 bits per heavy atom. The van der Waals surface area contributed by atoms with Gasteiger partial charge in [-0.25, -0.2) is 0 Å². The third-order valence-electron chi connectivity index (χ3n) is 2.00. The molecule has 1 aromatic heterocycles. The Bertz CT molecular complexity index is 324. The number of hydrogen-bond donors (Lipinski definition) is 1. The Hall–Kier alpha value is -1.00. The van der Waals surface area contributed by atoms with E-state index in [1.54, 1.807) is 13.2 Å². The van der Waals surface area contributed by atoms with Crippen LogP contribution in [-0.4, -0.2) is 25.7 Å². The van der Waals surface area contributed by atoms with Gasteiger partial charge in [0.15, 0.2) is 0 Å². The van der Waals surface area contributed by atoms with Crippen LogP contribution < -0.4 is 5.32 Å². The smallest absolute Gasteiger partial charge is 0.256 e. The molecule has 1 unspecified atom stereocenters. The van der Waals surface area contributed by atoms with Gasteiger partial charge in [-0.05, 0) is 31.0 Å². The van der Waals surface area contributed by atoms with Crippen molar-refractivity contribution in [1.29, 1.82) is 0 Å². The summed E-state index contributed by atoms with van der Waals surface area (Å²) in [6.07, 6.45) is 2.15. The number of carbonyl (C=O) groups is 1. The van der Waals surface area contributed by atoms with Crippen LogP contribution in [0.2, 0.25) is 5.22 Å². The van der Waals surface area contributed by atoms with Gasteiger partial charge >= 0.3 is 0 Å². The van der Waals surface area contributed by atoms with E-state index < -0.39 is 0 Å². The molecule has 84 valence electrons. The van der Waals surface area contributed by atoms with Crippen LogP contribution in [0, 0.1) is 0 Å². The lowest BCUT2D eigenvalue weighted by Crippen LogP contribution is -2.33. The molecule has 1 heterocycles. The van der Waals surface area contributed by atoms with Gasteiger partial charge in [0, 0.05) is 19.8 Å². The summed E-state index contributed by atoms with van der Waals surface area (Å²) >= 11 is 5.67. The zero-order chi connectivity index (χ0) is 11.3. The van der Waals surface area contributed by atoms with Crippen LogP contribution >= 0.6 is 11.6 Å². The van der Waals surface area contributed by atoms with Crippen molar-refractivity contribution in [1.82, 2.24) is 5.32 Å². The van der Waals surface area contributed by atoms with Crippen LogP contribution in [-0.2, 0) is 4.74 Å². The van der Waals surface area contributed by atoms with Crippen molar-refractivity contribution in [3.05, 3.63) is 23.1 Å². The van der Waals surface area contributed by atoms with Gasteiger partial charge in [0.05, 0.1) is 11.8 Å². The van der Waals surface area contributed by atoms with Gasteiger partial charge < -0.3 is 14.5 Å². The molecule has 15 heavy (non-hydrogen) atoms. The highest BCUT2D eigenvalue weighted by Gasteiger charge is 2.14. The predicted octanol–water partition coefficient (Wildman–Crippen LogP) is 2.09. The Morgan fingerprint density at radius 1 is 1.73 bits per heavy atom. The molecule has 0 aromatic carbocycles. The molecule has 0 saturated carbocycles.